The molecule has 5 heteroatoms. The minimum atomic E-state index is -0.544. The van der Waals surface area contributed by atoms with E-state index in [2.05, 4.69) is 0 Å². The fourth-order valence-corrected chi connectivity index (χ4v) is 2.66. The van der Waals surface area contributed by atoms with Crippen molar-refractivity contribution in [1.82, 2.24) is 4.90 Å². The highest BCUT2D eigenvalue weighted by molar-refractivity contribution is 5.97. The van der Waals surface area contributed by atoms with Gasteiger partial charge in [0.25, 0.3) is 5.91 Å². The lowest BCUT2D eigenvalue weighted by Gasteiger charge is -2.34. The number of amides is 1. The van der Waals surface area contributed by atoms with Crippen LogP contribution >= 0.6 is 0 Å². The third kappa shape index (κ3) is 2.93. The molecule has 1 aromatic carbocycles. The van der Waals surface area contributed by atoms with E-state index in [1.165, 1.54) is 19.2 Å². The summed E-state index contributed by atoms with van der Waals surface area (Å²) in [5.41, 5.74) is 5.93. The molecule has 2 rings (SSSR count). The van der Waals surface area contributed by atoms with Crippen molar-refractivity contribution in [2.24, 2.45) is 11.7 Å². The zero-order valence-electron chi connectivity index (χ0n) is 11.9. The highest BCUT2D eigenvalue weighted by Crippen LogP contribution is 2.26. The van der Waals surface area contributed by atoms with Crippen molar-refractivity contribution in [3.63, 3.8) is 0 Å². The molecule has 1 heterocycles. The zero-order valence-corrected chi connectivity index (χ0v) is 11.9. The Morgan fingerprint density at radius 1 is 1.55 bits per heavy atom. The van der Waals surface area contributed by atoms with Gasteiger partial charge in [0.1, 0.15) is 17.1 Å². The second kappa shape index (κ2) is 6.22. The number of halogens is 1. The van der Waals surface area contributed by atoms with Crippen LogP contribution in [0.2, 0.25) is 0 Å². The van der Waals surface area contributed by atoms with Gasteiger partial charge in [0.05, 0.1) is 7.11 Å². The number of nitrogens with zero attached hydrogens (tertiary/aromatic N) is 1. The lowest BCUT2D eigenvalue weighted by atomic mass is 9.92. The quantitative estimate of drug-likeness (QED) is 0.921. The Morgan fingerprint density at radius 2 is 2.30 bits per heavy atom. The van der Waals surface area contributed by atoms with Gasteiger partial charge in [0.2, 0.25) is 0 Å². The number of likely N-dealkylation sites (tertiary alicyclic amines) is 1. The largest absolute Gasteiger partial charge is 0.496 e. The molecule has 1 aliphatic rings. The average Bonchev–Trinajstić information content (AvgIpc) is 2.46. The van der Waals surface area contributed by atoms with Crippen LogP contribution < -0.4 is 10.5 Å². The zero-order chi connectivity index (χ0) is 14.7. The SMILES string of the molecule is COc1cccc(F)c1C(=O)N1CCCC(C(C)N)C1. The molecule has 0 aromatic heterocycles. The minimum absolute atomic E-state index is 0.0142. The standard InChI is InChI=1S/C15H21FN2O2/c1-10(17)11-5-4-8-18(9-11)15(19)14-12(16)6-3-7-13(14)20-2/h3,6-7,10-11H,4-5,8-9,17H2,1-2H3. The Bertz CT molecular complexity index is 491. The summed E-state index contributed by atoms with van der Waals surface area (Å²) in [7, 11) is 1.44. The predicted molar refractivity (Wildman–Crippen MR) is 75.2 cm³/mol. The summed E-state index contributed by atoms with van der Waals surface area (Å²) in [5, 5.41) is 0. The first kappa shape index (κ1) is 14.8. The molecular weight excluding hydrogens is 259 g/mol. The van der Waals surface area contributed by atoms with Crippen LogP contribution in [-0.2, 0) is 0 Å². The summed E-state index contributed by atoms with van der Waals surface area (Å²) in [6, 6.07) is 4.45. The molecule has 2 unspecified atom stereocenters. The third-order valence-electron chi connectivity index (χ3n) is 3.90. The lowest BCUT2D eigenvalue weighted by molar-refractivity contribution is 0.0652. The predicted octanol–water partition coefficient (Wildman–Crippen LogP) is 2.03. The van der Waals surface area contributed by atoms with Crippen LogP contribution in [0.25, 0.3) is 0 Å². The van der Waals surface area contributed by atoms with Crippen LogP contribution in [-0.4, -0.2) is 37.0 Å². The van der Waals surface area contributed by atoms with E-state index in [0.29, 0.717) is 13.1 Å². The minimum Gasteiger partial charge on any atom is -0.496 e. The van der Waals surface area contributed by atoms with Gasteiger partial charge >= 0.3 is 0 Å². The topological polar surface area (TPSA) is 55.6 Å². The van der Waals surface area contributed by atoms with Crippen molar-refractivity contribution in [1.29, 1.82) is 0 Å². The first-order valence-electron chi connectivity index (χ1n) is 6.92. The van der Waals surface area contributed by atoms with E-state index in [9.17, 15) is 9.18 Å². The van der Waals surface area contributed by atoms with Crippen LogP contribution in [0.4, 0.5) is 4.39 Å². The molecule has 0 radical (unpaired) electrons. The first-order valence-corrected chi connectivity index (χ1v) is 6.92. The second-order valence-electron chi connectivity index (χ2n) is 5.33. The van der Waals surface area contributed by atoms with Crippen molar-refractivity contribution in [2.75, 3.05) is 20.2 Å². The van der Waals surface area contributed by atoms with E-state index >= 15 is 0 Å². The first-order chi connectivity index (χ1) is 9.54. The molecular formula is C15H21FN2O2. The van der Waals surface area contributed by atoms with Gasteiger partial charge in [0.15, 0.2) is 0 Å². The maximum absolute atomic E-state index is 13.9. The highest BCUT2D eigenvalue weighted by atomic mass is 19.1. The van der Waals surface area contributed by atoms with Crippen LogP contribution in [0.1, 0.15) is 30.1 Å². The molecule has 0 aliphatic carbocycles. The average molecular weight is 280 g/mol. The van der Waals surface area contributed by atoms with Crippen molar-refractivity contribution in [2.45, 2.75) is 25.8 Å². The lowest BCUT2D eigenvalue weighted by Crippen LogP contribution is -2.45. The molecule has 0 saturated carbocycles. The van der Waals surface area contributed by atoms with Crippen LogP contribution in [0.15, 0.2) is 18.2 Å². The smallest absolute Gasteiger partial charge is 0.260 e. The number of nitrogens with two attached hydrogens (primary N) is 1. The molecule has 110 valence electrons. The molecule has 1 aromatic rings. The molecule has 1 aliphatic heterocycles. The van der Waals surface area contributed by atoms with E-state index < -0.39 is 5.82 Å². The summed E-state index contributed by atoms with van der Waals surface area (Å²) in [6.45, 7) is 3.16. The van der Waals surface area contributed by atoms with Gasteiger partial charge < -0.3 is 15.4 Å². The number of rotatable bonds is 3. The van der Waals surface area contributed by atoms with Crippen molar-refractivity contribution >= 4 is 5.91 Å². The van der Waals surface area contributed by atoms with E-state index in [0.717, 1.165) is 12.8 Å². The maximum atomic E-state index is 13.9. The Hall–Kier alpha value is -1.62. The summed E-state index contributed by atoms with van der Waals surface area (Å²) < 4.78 is 19.0. The molecule has 2 N–H and O–H groups in total. The number of ether oxygens (including phenoxy) is 1. The van der Waals surface area contributed by atoms with E-state index in [4.69, 9.17) is 10.5 Å². The third-order valence-corrected chi connectivity index (χ3v) is 3.90. The number of hydrogen-bond acceptors (Lipinski definition) is 3. The number of carbonyl (C=O) groups excluding carboxylic acids is 1. The molecule has 1 fully saturated rings. The Labute approximate surface area is 118 Å². The van der Waals surface area contributed by atoms with Crippen molar-refractivity contribution in [3.8, 4) is 5.75 Å². The Morgan fingerprint density at radius 3 is 2.95 bits per heavy atom. The van der Waals surface area contributed by atoms with Gasteiger partial charge in [0, 0.05) is 19.1 Å². The van der Waals surface area contributed by atoms with E-state index in [-0.39, 0.29) is 29.2 Å². The molecule has 1 saturated heterocycles. The van der Waals surface area contributed by atoms with Crippen molar-refractivity contribution < 1.29 is 13.9 Å². The Kier molecular flexibility index (Phi) is 4.60. The normalized spacial score (nSPS) is 20.6. The number of methoxy groups -OCH3 is 1. The summed E-state index contributed by atoms with van der Waals surface area (Å²) in [4.78, 5) is 14.2. The molecule has 2 atom stereocenters. The highest BCUT2D eigenvalue weighted by Gasteiger charge is 2.29. The Balaban J connectivity index is 2.23. The maximum Gasteiger partial charge on any atom is 0.260 e. The van der Waals surface area contributed by atoms with Gasteiger partial charge in [-0.05, 0) is 37.8 Å². The molecule has 0 bridgehead atoms. The summed E-state index contributed by atoms with van der Waals surface area (Å²) >= 11 is 0. The van der Waals surface area contributed by atoms with Gasteiger partial charge in [-0.25, -0.2) is 4.39 Å². The van der Waals surface area contributed by atoms with Gasteiger partial charge in [-0.3, -0.25) is 4.79 Å². The number of carbonyl (C=O) groups is 1. The second-order valence-corrected chi connectivity index (χ2v) is 5.33. The van der Waals surface area contributed by atoms with Crippen LogP contribution in [0.5, 0.6) is 5.75 Å². The van der Waals surface area contributed by atoms with Gasteiger partial charge in [-0.2, -0.15) is 0 Å². The summed E-state index contributed by atoms with van der Waals surface area (Å²) in [6.07, 6.45) is 1.91. The number of benzene rings is 1. The van der Waals surface area contributed by atoms with Crippen LogP contribution in [0, 0.1) is 11.7 Å². The van der Waals surface area contributed by atoms with Gasteiger partial charge in [-0.15, -0.1) is 0 Å². The number of hydrogen-bond donors (Lipinski definition) is 1. The molecule has 4 nitrogen and oxygen atoms in total. The fourth-order valence-electron chi connectivity index (χ4n) is 2.66. The summed E-state index contributed by atoms with van der Waals surface area (Å²) in [5.74, 6) is -0.314. The fraction of sp³-hybridized carbons (Fsp3) is 0.533. The van der Waals surface area contributed by atoms with E-state index in [1.54, 1.807) is 11.0 Å². The van der Waals surface area contributed by atoms with E-state index in [1.807, 2.05) is 6.92 Å². The van der Waals surface area contributed by atoms with Gasteiger partial charge in [-0.1, -0.05) is 6.07 Å². The van der Waals surface area contributed by atoms with Crippen molar-refractivity contribution in [3.05, 3.63) is 29.6 Å². The monoisotopic (exact) mass is 280 g/mol. The molecule has 20 heavy (non-hydrogen) atoms. The molecule has 1 amide bonds. The van der Waals surface area contributed by atoms with Crippen LogP contribution in [0.3, 0.4) is 0 Å². The number of piperidine rings is 1. The molecule has 0 spiro atoms.